The Morgan fingerprint density at radius 2 is 1.95 bits per heavy atom. The van der Waals surface area contributed by atoms with Crippen LogP contribution in [0, 0.1) is 0 Å². The van der Waals surface area contributed by atoms with E-state index in [2.05, 4.69) is 20.0 Å². The average Bonchev–Trinajstić information content (AvgIpc) is 2.98. The first-order chi connectivity index (χ1) is 9.74. The topological polar surface area (TPSA) is 69.6 Å². The zero-order valence-corrected chi connectivity index (χ0v) is 11.5. The number of carboxylic acid groups (broad SMARTS) is 1. The number of rotatable bonds is 3. The molecule has 1 atom stereocenters. The summed E-state index contributed by atoms with van der Waals surface area (Å²) in [7, 11) is 0. The summed E-state index contributed by atoms with van der Waals surface area (Å²) in [5.41, 5.74) is 0.000488. The minimum Gasteiger partial charge on any atom is -0.476 e. The van der Waals surface area contributed by atoms with E-state index in [1.165, 1.54) is 38.4 Å². The Balaban J connectivity index is 1.62. The van der Waals surface area contributed by atoms with Crippen LogP contribution in [-0.4, -0.2) is 58.4 Å². The molecule has 0 aliphatic carbocycles. The van der Waals surface area contributed by atoms with Crippen molar-refractivity contribution in [1.29, 1.82) is 0 Å². The van der Waals surface area contributed by atoms with Crippen molar-refractivity contribution in [3.63, 3.8) is 0 Å². The zero-order valence-electron chi connectivity index (χ0n) is 11.5. The summed E-state index contributed by atoms with van der Waals surface area (Å²) in [6.45, 7) is 4.37. The highest BCUT2D eigenvalue weighted by molar-refractivity contribution is 5.85. The Bertz CT molecular complexity index is 471. The van der Waals surface area contributed by atoms with Gasteiger partial charge < -0.3 is 10.0 Å². The number of nitrogens with zero attached hydrogens (tertiary/aromatic N) is 4. The van der Waals surface area contributed by atoms with Gasteiger partial charge in [-0.2, -0.15) is 0 Å². The molecule has 2 fully saturated rings. The van der Waals surface area contributed by atoms with Crippen LogP contribution in [0.25, 0.3) is 0 Å². The van der Waals surface area contributed by atoms with Gasteiger partial charge in [0.05, 0.1) is 0 Å². The van der Waals surface area contributed by atoms with Crippen molar-refractivity contribution in [2.24, 2.45) is 0 Å². The van der Waals surface area contributed by atoms with Crippen molar-refractivity contribution in [2.75, 3.05) is 31.1 Å². The lowest BCUT2D eigenvalue weighted by Crippen LogP contribution is -2.41. The molecule has 1 aromatic rings. The molecule has 2 aliphatic rings. The van der Waals surface area contributed by atoms with Crippen LogP contribution in [0.1, 0.15) is 36.2 Å². The van der Waals surface area contributed by atoms with Gasteiger partial charge in [-0.1, -0.05) is 6.42 Å². The van der Waals surface area contributed by atoms with Crippen LogP contribution < -0.4 is 4.90 Å². The van der Waals surface area contributed by atoms with Crippen molar-refractivity contribution >= 4 is 11.8 Å². The number of hydrogen-bond donors (Lipinski definition) is 1. The van der Waals surface area contributed by atoms with Crippen LogP contribution in [0.3, 0.4) is 0 Å². The van der Waals surface area contributed by atoms with Crippen LogP contribution in [0.15, 0.2) is 12.1 Å². The molecule has 2 saturated heterocycles. The van der Waals surface area contributed by atoms with Gasteiger partial charge in [0, 0.05) is 19.1 Å². The second kappa shape index (κ2) is 5.75. The van der Waals surface area contributed by atoms with Crippen LogP contribution in [0.4, 0.5) is 5.82 Å². The molecule has 0 amide bonds. The van der Waals surface area contributed by atoms with Crippen LogP contribution in [0.5, 0.6) is 0 Å². The minimum atomic E-state index is -1.03. The smallest absolute Gasteiger partial charge is 0.356 e. The molecular weight excluding hydrogens is 256 g/mol. The predicted octanol–water partition coefficient (Wildman–Crippen LogP) is 1.24. The van der Waals surface area contributed by atoms with E-state index in [9.17, 15) is 4.79 Å². The molecule has 0 radical (unpaired) electrons. The molecule has 0 aromatic carbocycles. The second-order valence-electron chi connectivity index (χ2n) is 5.57. The van der Waals surface area contributed by atoms with Gasteiger partial charge in [0.15, 0.2) is 11.5 Å². The highest BCUT2D eigenvalue weighted by Crippen LogP contribution is 2.23. The summed E-state index contributed by atoms with van der Waals surface area (Å²) in [4.78, 5) is 15.6. The van der Waals surface area contributed by atoms with E-state index >= 15 is 0 Å². The number of anilines is 1. The van der Waals surface area contributed by atoms with Gasteiger partial charge in [-0.05, 0) is 44.5 Å². The molecule has 1 aromatic heterocycles. The third kappa shape index (κ3) is 2.75. The minimum absolute atomic E-state index is 0.000488. The molecule has 20 heavy (non-hydrogen) atoms. The first kappa shape index (κ1) is 13.3. The van der Waals surface area contributed by atoms with Gasteiger partial charge in [0.1, 0.15) is 0 Å². The summed E-state index contributed by atoms with van der Waals surface area (Å²) < 4.78 is 0. The largest absolute Gasteiger partial charge is 0.476 e. The van der Waals surface area contributed by atoms with Gasteiger partial charge in [-0.15, -0.1) is 10.2 Å². The lowest BCUT2D eigenvalue weighted by molar-refractivity contribution is 0.0689. The van der Waals surface area contributed by atoms with Crippen LogP contribution in [0.2, 0.25) is 0 Å². The molecule has 3 heterocycles. The molecule has 108 valence electrons. The van der Waals surface area contributed by atoms with E-state index in [4.69, 9.17) is 5.11 Å². The molecule has 0 spiro atoms. The molecule has 0 saturated carbocycles. The van der Waals surface area contributed by atoms with Crippen molar-refractivity contribution in [2.45, 2.75) is 31.7 Å². The Labute approximate surface area is 118 Å². The highest BCUT2D eigenvalue weighted by atomic mass is 16.4. The fourth-order valence-electron chi connectivity index (χ4n) is 3.14. The zero-order chi connectivity index (χ0) is 13.9. The number of carboxylic acids is 1. The lowest BCUT2D eigenvalue weighted by atomic mass is 10.1. The normalized spacial score (nSPS) is 24.0. The SMILES string of the molecule is O=C(O)c1ccc(N2CCC(N3CCCCC3)C2)nn1. The molecule has 0 bridgehead atoms. The third-order valence-corrected chi connectivity index (χ3v) is 4.26. The second-order valence-corrected chi connectivity index (χ2v) is 5.57. The Kier molecular flexibility index (Phi) is 3.82. The van der Waals surface area contributed by atoms with Gasteiger partial charge in [-0.25, -0.2) is 4.79 Å². The number of carbonyl (C=O) groups is 1. The number of likely N-dealkylation sites (tertiary alicyclic amines) is 1. The van der Waals surface area contributed by atoms with E-state index < -0.39 is 5.97 Å². The first-order valence-corrected chi connectivity index (χ1v) is 7.30. The van der Waals surface area contributed by atoms with E-state index in [1.807, 2.05) is 0 Å². The molecule has 6 heteroatoms. The number of aromatic carboxylic acids is 1. The van der Waals surface area contributed by atoms with E-state index in [0.29, 0.717) is 6.04 Å². The molecule has 3 rings (SSSR count). The first-order valence-electron chi connectivity index (χ1n) is 7.30. The van der Waals surface area contributed by atoms with Gasteiger partial charge >= 0.3 is 5.97 Å². The molecule has 1 unspecified atom stereocenters. The van der Waals surface area contributed by atoms with Crippen LogP contribution in [-0.2, 0) is 0 Å². The van der Waals surface area contributed by atoms with Crippen molar-refractivity contribution in [3.8, 4) is 0 Å². The summed E-state index contributed by atoms with van der Waals surface area (Å²) in [6, 6.07) is 3.89. The molecule has 1 N–H and O–H groups in total. The van der Waals surface area contributed by atoms with E-state index in [0.717, 1.165) is 25.3 Å². The van der Waals surface area contributed by atoms with Crippen LogP contribution >= 0.6 is 0 Å². The molecular formula is C14H20N4O2. The number of piperidine rings is 1. The maximum absolute atomic E-state index is 10.8. The van der Waals surface area contributed by atoms with E-state index in [1.54, 1.807) is 6.07 Å². The van der Waals surface area contributed by atoms with Crippen molar-refractivity contribution < 1.29 is 9.90 Å². The van der Waals surface area contributed by atoms with Crippen molar-refractivity contribution in [3.05, 3.63) is 17.8 Å². The van der Waals surface area contributed by atoms with E-state index in [-0.39, 0.29) is 5.69 Å². The fraction of sp³-hybridized carbons (Fsp3) is 0.643. The maximum atomic E-state index is 10.8. The van der Waals surface area contributed by atoms with Gasteiger partial charge in [0.25, 0.3) is 0 Å². The summed E-state index contributed by atoms with van der Waals surface area (Å²) >= 11 is 0. The monoisotopic (exact) mass is 276 g/mol. The lowest BCUT2D eigenvalue weighted by Gasteiger charge is -2.32. The average molecular weight is 276 g/mol. The summed E-state index contributed by atoms with van der Waals surface area (Å²) in [6.07, 6.45) is 5.13. The van der Waals surface area contributed by atoms with Gasteiger partial charge in [-0.3, -0.25) is 4.90 Å². The Morgan fingerprint density at radius 1 is 1.15 bits per heavy atom. The quantitative estimate of drug-likeness (QED) is 0.895. The van der Waals surface area contributed by atoms with Gasteiger partial charge in [0.2, 0.25) is 0 Å². The van der Waals surface area contributed by atoms with Crippen molar-refractivity contribution in [1.82, 2.24) is 15.1 Å². The Hall–Kier alpha value is -1.69. The number of hydrogen-bond acceptors (Lipinski definition) is 5. The summed E-state index contributed by atoms with van der Waals surface area (Å²) in [5.74, 6) is -0.244. The molecule has 6 nitrogen and oxygen atoms in total. The predicted molar refractivity (Wildman–Crippen MR) is 75.0 cm³/mol. The summed E-state index contributed by atoms with van der Waals surface area (Å²) in [5, 5.41) is 16.6. The fourth-order valence-corrected chi connectivity index (χ4v) is 3.14. The standard InChI is InChI=1S/C14H20N4O2/c19-14(20)12-4-5-13(16-15-12)18-9-6-11(10-18)17-7-2-1-3-8-17/h4-5,11H,1-3,6-10H2,(H,19,20). The number of aromatic nitrogens is 2. The third-order valence-electron chi connectivity index (χ3n) is 4.26. The molecule has 2 aliphatic heterocycles. The highest BCUT2D eigenvalue weighted by Gasteiger charge is 2.29. The Morgan fingerprint density at radius 3 is 2.60 bits per heavy atom. The maximum Gasteiger partial charge on any atom is 0.356 e.